The number of nitrogens with two attached hydrogens (primary N) is 1. The fourth-order valence-electron chi connectivity index (χ4n) is 4.07. The van der Waals surface area contributed by atoms with Crippen LogP contribution in [0.1, 0.15) is 31.1 Å². The Kier molecular flexibility index (Phi) is 7.05. The van der Waals surface area contributed by atoms with Gasteiger partial charge < -0.3 is 21.5 Å². The van der Waals surface area contributed by atoms with Crippen LogP contribution < -0.4 is 16.4 Å². The van der Waals surface area contributed by atoms with Gasteiger partial charge in [0.15, 0.2) is 0 Å². The molecule has 0 saturated heterocycles. The highest BCUT2D eigenvalue weighted by Crippen LogP contribution is 2.81. The molecule has 1 aliphatic carbocycles. The predicted molar refractivity (Wildman–Crippen MR) is 148 cm³/mol. The monoisotopic (exact) mass is 441 g/mol. The molecule has 3 unspecified atom stereocenters. The summed E-state index contributed by atoms with van der Waals surface area (Å²) in [5.74, 6) is -1.37. The molecule has 19 heteroatoms. The number of anilines is 2. The van der Waals surface area contributed by atoms with Crippen LogP contribution in [0, 0.1) is 0 Å². The average molecular weight is 439 g/mol. The number of amides is 1. The zero-order valence-corrected chi connectivity index (χ0v) is 19.8. The van der Waals surface area contributed by atoms with Gasteiger partial charge in [-0.3, -0.25) is 4.79 Å². The summed E-state index contributed by atoms with van der Waals surface area (Å²) in [5.41, 5.74) is -1.28. The third kappa shape index (κ3) is 3.97. The van der Waals surface area contributed by atoms with Crippen molar-refractivity contribution < 1.29 is 9.90 Å². The van der Waals surface area contributed by atoms with Crippen molar-refractivity contribution in [3.05, 3.63) is 11.8 Å². The normalized spacial score (nSPS) is 31.8. The summed E-state index contributed by atoms with van der Waals surface area (Å²) >= 11 is 0. The van der Waals surface area contributed by atoms with Crippen molar-refractivity contribution in [2.45, 2.75) is 63.3 Å². The largest absolute Gasteiger partial charge is 0.401 e. The molecule has 1 aromatic rings. The molecule has 1 fully saturated rings. The predicted octanol–water partition coefficient (Wildman–Crippen LogP) is -3.80. The van der Waals surface area contributed by atoms with E-state index in [0.29, 0.717) is 0 Å². The van der Waals surface area contributed by atoms with E-state index in [1.54, 1.807) is 0 Å². The van der Waals surface area contributed by atoms with Crippen molar-refractivity contribution in [3.8, 4) is 0 Å². The average Bonchev–Trinajstić information content (AvgIpc) is 2.63. The maximum absolute atomic E-state index is 12.1. The van der Waals surface area contributed by atoms with Crippen LogP contribution in [0.2, 0.25) is 26.1 Å². The summed E-state index contributed by atoms with van der Waals surface area (Å²) in [4.78, 5) is 20.3. The minimum Gasteiger partial charge on any atom is -0.401 e. The molecule has 0 aliphatic heterocycles. The van der Waals surface area contributed by atoms with Gasteiger partial charge in [0, 0.05) is 17.2 Å². The van der Waals surface area contributed by atoms with Gasteiger partial charge in [0.1, 0.15) is 21.5 Å². The van der Waals surface area contributed by atoms with E-state index in [-0.39, 0.29) is 17.3 Å². The summed E-state index contributed by atoms with van der Waals surface area (Å²) in [7, 11) is 73.6. The van der Waals surface area contributed by atoms with Crippen molar-refractivity contribution in [2.24, 2.45) is 5.73 Å². The fraction of sp³-hybridized carbons (Fsp3) is 0.688. The van der Waals surface area contributed by atoms with Crippen LogP contribution in [0.4, 0.5) is 11.8 Å². The lowest BCUT2D eigenvalue weighted by molar-refractivity contribution is 0.000674. The van der Waals surface area contributed by atoms with Gasteiger partial charge in [-0.1, -0.05) is 15.7 Å². The van der Waals surface area contributed by atoms with Gasteiger partial charge in [0.05, 0.1) is 84.0 Å². The quantitative estimate of drug-likeness (QED) is 0.351. The zero-order chi connectivity index (χ0) is 27.8. The smallest absolute Gasteiger partial charge is 0.254 e. The Morgan fingerprint density at radius 3 is 1.83 bits per heavy atom. The van der Waals surface area contributed by atoms with Crippen LogP contribution in [0.15, 0.2) is 6.20 Å². The Bertz CT molecular complexity index is 993. The van der Waals surface area contributed by atoms with Gasteiger partial charge in [0.25, 0.3) is 5.91 Å². The summed E-state index contributed by atoms with van der Waals surface area (Å²) in [5, 5.41) is 2.85. The molecule has 35 heavy (non-hydrogen) atoms. The second-order valence-electron chi connectivity index (χ2n) is 10.2. The molecule has 1 aliphatic rings. The molecule has 3 atom stereocenters. The van der Waals surface area contributed by atoms with Crippen molar-refractivity contribution >= 4 is 112 Å². The van der Waals surface area contributed by atoms with Gasteiger partial charge in [-0.25, -0.2) is 4.98 Å². The Morgan fingerprint density at radius 1 is 0.943 bits per heavy atom. The van der Waals surface area contributed by atoms with Gasteiger partial charge in [-0.15, -0.1) is 10.3 Å². The summed E-state index contributed by atoms with van der Waals surface area (Å²) in [6, 6.07) is 0. The number of primary amides is 1. The first-order chi connectivity index (χ1) is 15.2. The fourth-order valence-corrected chi connectivity index (χ4v) is 4.07. The van der Waals surface area contributed by atoms with Crippen molar-refractivity contribution in [1.82, 2.24) is 9.97 Å². The summed E-state index contributed by atoms with van der Waals surface area (Å²) in [6.07, 6.45) is 1.08. The number of aliphatic hydroxyl groups is 1. The van der Waals surface area contributed by atoms with E-state index in [4.69, 9.17) is 99.9 Å². The van der Waals surface area contributed by atoms with E-state index in [0.717, 1.165) is 6.20 Å². The zero-order valence-electron chi connectivity index (χ0n) is 19.8. The highest BCUT2D eigenvalue weighted by atomic mass is 16.3. The first-order valence-electron chi connectivity index (χ1n) is 10.1. The van der Waals surface area contributed by atoms with E-state index in [1.807, 2.05) is 20.8 Å². The third-order valence-electron chi connectivity index (χ3n) is 6.41. The lowest BCUT2D eigenvalue weighted by Gasteiger charge is -2.83. The van der Waals surface area contributed by atoms with E-state index >= 15 is 0 Å². The van der Waals surface area contributed by atoms with Crippen molar-refractivity contribution in [3.63, 3.8) is 0 Å². The second kappa shape index (κ2) is 8.19. The van der Waals surface area contributed by atoms with Crippen LogP contribution in [-0.2, 0) is 0 Å². The minimum atomic E-state index is -3.18. The standard InChI is InChI=1S/C16H15B12N5O2/c1-9(2,3)33-8-30-4-5(6(29)34)7(31-8)32-14(24)12(20,21)11(18,19)10(17,16(26,27)28)15(25,35)13(14,22)23/h4,35H,1-3H3,(H2,29,34)(H2,30,31,32,33). The van der Waals surface area contributed by atoms with Crippen molar-refractivity contribution in [2.75, 3.05) is 10.6 Å². The number of nitrogens with one attached hydrogen (secondary N) is 2. The van der Waals surface area contributed by atoms with Crippen LogP contribution in [0.5, 0.6) is 0 Å². The van der Waals surface area contributed by atoms with Gasteiger partial charge in [-0.05, 0) is 26.2 Å². The lowest BCUT2D eigenvalue weighted by Crippen LogP contribution is -2.81. The first-order valence-corrected chi connectivity index (χ1v) is 10.1. The Hall–Kier alpha value is -1.11. The topological polar surface area (TPSA) is 113 Å². The number of hydrogen-bond donors (Lipinski definition) is 4. The Balaban J connectivity index is 2.87. The molecule has 0 spiro atoms. The van der Waals surface area contributed by atoms with E-state index in [2.05, 4.69) is 20.6 Å². The molecular weight excluding hydrogens is 424 g/mol. The molecule has 0 bridgehead atoms. The van der Waals surface area contributed by atoms with Crippen LogP contribution in [-0.4, -0.2) is 132 Å². The van der Waals surface area contributed by atoms with E-state index in [1.165, 1.54) is 0 Å². The molecular formula is C16H15B12N5O2. The molecule has 152 valence electrons. The second-order valence-corrected chi connectivity index (χ2v) is 10.2. The maximum Gasteiger partial charge on any atom is 0.254 e. The van der Waals surface area contributed by atoms with E-state index < -0.39 is 48.5 Å². The Labute approximate surface area is 222 Å². The molecule has 1 saturated carbocycles. The number of hydrogen-bond acceptors (Lipinski definition) is 6. The lowest BCUT2D eigenvalue weighted by atomic mass is 8.99. The number of rotatable bonds is 5. The highest BCUT2D eigenvalue weighted by molar-refractivity contribution is 6.70. The third-order valence-corrected chi connectivity index (χ3v) is 6.41. The first kappa shape index (κ1) is 30.1. The number of nitrogens with zero attached hydrogens (tertiary/aromatic N) is 2. The van der Waals surface area contributed by atoms with E-state index in [9.17, 15) is 9.90 Å². The summed E-state index contributed by atoms with van der Waals surface area (Å²) < 4.78 is 0. The molecule has 24 radical (unpaired) electrons. The van der Waals surface area contributed by atoms with Gasteiger partial charge in [-0.2, -0.15) is 4.98 Å². The van der Waals surface area contributed by atoms with Crippen LogP contribution >= 0.6 is 0 Å². The van der Waals surface area contributed by atoms with Crippen molar-refractivity contribution in [1.29, 1.82) is 0 Å². The SMILES string of the molecule is [B]C([B])([B])C1([B])C([B])([B])C([B])([B])C([B])(Nc2nc(NC(C)(C)C)ncc2C(N)=O)C([B])([B])C1([B])O. The number of carbonyl (C=O) groups is 1. The Morgan fingerprint density at radius 2 is 1.43 bits per heavy atom. The maximum atomic E-state index is 12.1. The molecule has 7 nitrogen and oxygen atoms in total. The number of aromatic nitrogens is 2. The molecule has 1 heterocycles. The molecule has 5 N–H and O–H groups in total. The minimum absolute atomic E-state index is 0.0107. The molecule has 2 rings (SSSR count). The molecule has 1 amide bonds. The molecule has 0 aromatic carbocycles. The van der Waals surface area contributed by atoms with Gasteiger partial charge in [0.2, 0.25) is 5.95 Å². The van der Waals surface area contributed by atoms with Gasteiger partial charge >= 0.3 is 0 Å². The summed E-state index contributed by atoms with van der Waals surface area (Å²) in [6.45, 7) is 5.45. The number of carbonyl (C=O) groups excluding carboxylic acids is 1. The highest BCUT2D eigenvalue weighted by Gasteiger charge is 2.74. The van der Waals surface area contributed by atoms with Crippen LogP contribution in [0.3, 0.4) is 0 Å². The van der Waals surface area contributed by atoms with Crippen LogP contribution in [0.25, 0.3) is 0 Å². The molecule has 1 aromatic heterocycles.